The molecular weight excluding hydrogens is 319 g/mol. The van der Waals surface area contributed by atoms with E-state index in [2.05, 4.69) is 4.74 Å². The molecule has 122 valence electrons. The molecule has 2 rings (SSSR count). The van der Waals surface area contributed by atoms with Crippen LogP contribution in [0.4, 0.5) is 22.0 Å². The highest BCUT2D eigenvalue weighted by atomic mass is 19.4. The van der Waals surface area contributed by atoms with E-state index < -0.39 is 24.7 Å². The molecule has 0 aliphatic heterocycles. The topological polar surface area (TPSA) is 26.3 Å². The van der Waals surface area contributed by atoms with Crippen LogP contribution in [-0.2, 0) is 4.74 Å². The first kappa shape index (κ1) is 16.9. The number of hydrogen-bond acceptors (Lipinski definition) is 2. The number of carbonyl (C=O) groups is 1. The second kappa shape index (κ2) is 6.76. The summed E-state index contributed by atoms with van der Waals surface area (Å²) in [6.07, 6.45) is -12.6. The van der Waals surface area contributed by atoms with E-state index in [1.807, 2.05) is 18.2 Å². The maximum absolute atomic E-state index is 12.4. The number of rotatable bonds is 4. The Labute approximate surface area is 128 Å². The first-order valence-corrected chi connectivity index (χ1v) is 6.50. The predicted molar refractivity (Wildman–Crippen MR) is 73.1 cm³/mol. The summed E-state index contributed by atoms with van der Waals surface area (Å²) in [4.78, 5) is 11.6. The number of ether oxygens (including phenoxy) is 1. The van der Waals surface area contributed by atoms with Gasteiger partial charge in [-0.25, -0.2) is 13.6 Å². The summed E-state index contributed by atoms with van der Waals surface area (Å²) in [7, 11) is 0. The molecular formula is C16H11F5O2. The Morgan fingerprint density at radius 1 is 0.870 bits per heavy atom. The van der Waals surface area contributed by atoms with Crippen LogP contribution in [0.3, 0.4) is 0 Å². The number of carbonyl (C=O) groups excluding carboxylic acids is 1. The molecule has 0 fully saturated rings. The summed E-state index contributed by atoms with van der Waals surface area (Å²) >= 11 is 0. The van der Waals surface area contributed by atoms with Gasteiger partial charge in [-0.05, 0) is 23.3 Å². The van der Waals surface area contributed by atoms with Gasteiger partial charge in [0.2, 0.25) is 0 Å². The summed E-state index contributed by atoms with van der Waals surface area (Å²) < 4.78 is 65.7. The fourth-order valence-corrected chi connectivity index (χ4v) is 1.87. The van der Waals surface area contributed by atoms with Crippen LogP contribution in [0.5, 0.6) is 0 Å². The SMILES string of the molecule is O=C(OC(C(F)F)C(F)(F)F)c1ccc(-c2ccccc2)cc1. The second-order valence-corrected chi connectivity index (χ2v) is 4.65. The zero-order chi connectivity index (χ0) is 17.0. The van der Waals surface area contributed by atoms with Gasteiger partial charge in [-0.3, -0.25) is 0 Å². The highest BCUT2D eigenvalue weighted by Crippen LogP contribution is 2.28. The van der Waals surface area contributed by atoms with Gasteiger partial charge in [0.25, 0.3) is 12.5 Å². The van der Waals surface area contributed by atoms with E-state index in [0.717, 1.165) is 11.1 Å². The first-order valence-electron chi connectivity index (χ1n) is 6.50. The molecule has 23 heavy (non-hydrogen) atoms. The number of halogens is 5. The van der Waals surface area contributed by atoms with E-state index in [9.17, 15) is 26.7 Å². The van der Waals surface area contributed by atoms with Crippen molar-refractivity contribution < 1.29 is 31.5 Å². The van der Waals surface area contributed by atoms with E-state index in [1.54, 1.807) is 12.1 Å². The quantitative estimate of drug-likeness (QED) is 0.600. The van der Waals surface area contributed by atoms with Crippen molar-refractivity contribution in [2.75, 3.05) is 0 Å². The van der Waals surface area contributed by atoms with Crippen molar-refractivity contribution in [2.24, 2.45) is 0 Å². The van der Waals surface area contributed by atoms with E-state index in [1.165, 1.54) is 24.3 Å². The van der Waals surface area contributed by atoms with Gasteiger partial charge in [0.05, 0.1) is 5.56 Å². The summed E-state index contributed by atoms with van der Waals surface area (Å²) in [5, 5.41) is 0. The molecule has 2 aromatic rings. The normalized spacial score (nSPS) is 13.0. The Hall–Kier alpha value is -2.44. The number of esters is 1. The van der Waals surface area contributed by atoms with Crippen molar-refractivity contribution in [1.29, 1.82) is 0 Å². The lowest BCUT2D eigenvalue weighted by Crippen LogP contribution is -2.39. The van der Waals surface area contributed by atoms with Gasteiger partial charge >= 0.3 is 12.1 Å². The summed E-state index contributed by atoms with van der Waals surface area (Å²) in [5.74, 6) is -1.45. The predicted octanol–water partition coefficient (Wildman–Crippen LogP) is 4.71. The molecule has 0 N–H and O–H groups in total. The minimum Gasteiger partial charge on any atom is -0.443 e. The molecule has 0 radical (unpaired) electrons. The minimum absolute atomic E-state index is 0.236. The molecule has 7 heteroatoms. The second-order valence-electron chi connectivity index (χ2n) is 4.65. The smallest absolute Gasteiger partial charge is 0.431 e. The largest absolute Gasteiger partial charge is 0.443 e. The van der Waals surface area contributed by atoms with Gasteiger partial charge in [-0.2, -0.15) is 13.2 Å². The van der Waals surface area contributed by atoms with Crippen molar-refractivity contribution in [3.63, 3.8) is 0 Å². The average Bonchev–Trinajstić information content (AvgIpc) is 2.52. The van der Waals surface area contributed by atoms with Crippen LogP contribution >= 0.6 is 0 Å². The lowest BCUT2D eigenvalue weighted by atomic mass is 10.0. The van der Waals surface area contributed by atoms with Gasteiger partial charge in [-0.1, -0.05) is 42.5 Å². The van der Waals surface area contributed by atoms with Crippen LogP contribution in [0.15, 0.2) is 54.6 Å². The standard InChI is InChI=1S/C16H11F5O2/c17-14(18)13(16(19,20)21)23-15(22)12-8-6-11(7-9-12)10-4-2-1-3-5-10/h1-9,13-14H. The zero-order valence-electron chi connectivity index (χ0n) is 11.6. The van der Waals surface area contributed by atoms with E-state index in [4.69, 9.17) is 0 Å². The first-order chi connectivity index (χ1) is 10.8. The number of alkyl halides is 5. The molecule has 1 unspecified atom stereocenters. The third kappa shape index (κ3) is 4.28. The average molecular weight is 330 g/mol. The molecule has 0 amide bonds. The zero-order valence-corrected chi connectivity index (χ0v) is 11.6. The lowest BCUT2D eigenvalue weighted by molar-refractivity contribution is -0.236. The maximum Gasteiger partial charge on any atom is 0.431 e. The van der Waals surface area contributed by atoms with Gasteiger partial charge in [0.15, 0.2) is 0 Å². The van der Waals surface area contributed by atoms with Crippen LogP contribution in [-0.4, -0.2) is 24.7 Å². The Bertz CT molecular complexity index is 650. The van der Waals surface area contributed by atoms with Crippen molar-refractivity contribution in [1.82, 2.24) is 0 Å². The van der Waals surface area contributed by atoms with E-state index in [0.29, 0.717) is 0 Å². The van der Waals surface area contributed by atoms with Crippen LogP contribution in [0.2, 0.25) is 0 Å². The van der Waals surface area contributed by atoms with Gasteiger partial charge in [-0.15, -0.1) is 0 Å². The Morgan fingerprint density at radius 3 is 1.87 bits per heavy atom. The summed E-state index contributed by atoms with van der Waals surface area (Å²) in [6, 6.07) is 14.5. The molecule has 0 aliphatic rings. The summed E-state index contributed by atoms with van der Waals surface area (Å²) in [6.45, 7) is 0. The molecule has 0 saturated carbocycles. The van der Waals surface area contributed by atoms with Crippen LogP contribution in [0, 0.1) is 0 Å². The highest BCUT2D eigenvalue weighted by Gasteiger charge is 2.49. The fraction of sp³-hybridized carbons (Fsp3) is 0.188. The van der Waals surface area contributed by atoms with E-state index >= 15 is 0 Å². The molecule has 0 bridgehead atoms. The third-order valence-electron chi connectivity index (χ3n) is 3.01. The monoisotopic (exact) mass is 330 g/mol. The highest BCUT2D eigenvalue weighted by molar-refractivity contribution is 5.90. The van der Waals surface area contributed by atoms with Crippen molar-refractivity contribution >= 4 is 5.97 Å². The van der Waals surface area contributed by atoms with Crippen molar-refractivity contribution in [3.05, 3.63) is 60.2 Å². The molecule has 0 spiro atoms. The Kier molecular flexibility index (Phi) is 4.98. The molecule has 2 aromatic carbocycles. The van der Waals surface area contributed by atoms with Crippen molar-refractivity contribution in [3.8, 4) is 11.1 Å². The van der Waals surface area contributed by atoms with Crippen LogP contribution in [0.25, 0.3) is 11.1 Å². The molecule has 0 aromatic heterocycles. The third-order valence-corrected chi connectivity index (χ3v) is 3.01. The molecule has 2 nitrogen and oxygen atoms in total. The molecule has 0 saturated heterocycles. The number of hydrogen-bond donors (Lipinski definition) is 0. The number of benzene rings is 2. The molecule has 0 aliphatic carbocycles. The van der Waals surface area contributed by atoms with Gasteiger partial charge in [0.1, 0.15) is 0 Å². The molecule has 1 atom stereocenters. The van der Waals surface area contributed by atoms with Crippen LogP contribution in [0.1, 0.15) is 10.4 Å². The Balaban J connectivity index is 2.14. The minimum atomic E-state index is -5.33. The Morgan fingerprint density at radius 2 is 1.39 bits per heavy atom. The maximum atomic E-state index is 12.4. The van der Waals surface area contributed by atoms with Gasteiger partial charge < -0.3 is 4.74 Å². The summed E-state index contributed by atoms with van der Waals surface area (Å²) in [5.41, 5.74) is 1.33. The van der Waals surface area contributed by atoms with Gasteiger partial charge in [0, 0.05) is 0 Å². The van der Waals surface area contributed by atoms with Crippen LogP contribution < -0.4 is 0 Å². The van der Waals surface area contributed by atoms with E-state index in [-0.39, 0.29) is 5.56 Å². The molecule has 0 heterocycles. The fourth-order valence-electron chi connectivity index (χ4n) is 1.87. The lowest BCUT2D eigenvalue weighted by Gasteiger charge is -2.19. The van der Waals surface area contributed by atoms with Crippen molar-refractivity contribution in [2.45, 2.75) is 18.7 Å².